The van der Waals surface area contributed by atoms with Crippen LogP contribution in [0.1, 0.15) is 5.56 Å². The minimum atomic E-state index is 1.26. The van der Waals surface area contributed by atoms with Crippen molar-refractivity contribution in [2.45, 2.75) is 16.7 Å². The molecule has 4 aromatic carbocycles. The number of rotatable bonds is 2. The third-order valence-electron chi connectivity index (χ3n) is 6.71. The van der Waals surface area contributed by atoms with Gasteiger partial charge in [-0.15, -0.1) is 0 Å². The summed E-state index contributed by atoms with van der Waals surface area (Å²) in [6.45, 7) is 2.24. The summed E-state index contributed by atoms with van der Waals surface area (Å²) in [5.41, 5.74) is 6.50. The summed E-state index contributed by atoms with van der Waals surface area (Å²) in [5.74, 6) is 0. The van der Waals surface area contributed by atoms with E-state index in [2.05, 4.69) is 114 Å². The monoisotopic (exact) mass is 429 g/mol. The van der Waals surface area contributed by atoms with Crippen LogP contribution in [0.5, 0.6) is 0 Å². The van der Waals surface area contributed by atoms with Crippen LogP contribution in [0.2, 0.25) is 0 Å². The van der Waals surface area contributed by atoms with Crippen molar-refractivity contribution < 1.29 is 4.57 Å². The molecule has 0 aliphatic rings. The Balaban J connectivity index is 1.76. The number of hydrogen-bond donors (Lipinski definition) is 0. The molecular formula is C29H21N2S+. The summed E-state index contributed by atoms with van der Waals surface area (Å²) in [5, 5.41) is 6.63. The third-order valence-corrected chi connectivity index (χ3v) is 7.78. The van der Waals surface area contributed by atoms with E-state index in [0.717, 1.165) is 0 Å². The zero-order valence-corrected chi connectivity index (χ0v) is 18.8. The van der Waals surface area contributed by atoms with E-state index in [1.807, 2.05) is 11.8 Å². The molecular weight excluding hydrogens is 408 g/mol. The number of fused-ring (bicyclic) bond motifs is 5. The quantitative estimate of drug-likeness (QED) is 0.159. The SMILES string of the molecule is Cc1ccc2c3c(Sc4ccccc4)cccc3n3c4cccc5cc[n+](C)c(c1c23)c54. The number of aryl methyl sites for hydroxylation is 2. The molecule has 0 spiro atoms. The fraction of sp³-hybridized carbons (Fsp3) is 0.0690. The Morgan fingerprint density at radius 3 is 2.34 bits per heavy atom. The summed E-state index contributed by atoms with van der Waals surface area (Å²) >= 11 is 1.85. The van der Waals surface area contributed by atoms with Gasteiger partial charge in [0.05, 0.1) is 27.3 Å². The largest absolute Gasteiger partial charge is 0.307 e. The van der Waals surface area contributed by atoms with Gasteiger partial charge in [-0.3, -0.25) is 0 Å². The van der Waals surface area contributed by atoms with E-state index in [0.29, 0.717) is 0 Å². The lowest BCUT2D eigenvalue weighted by Gasteiger charge is -2.12. The highest BCUT2D eigenvalue weighted by Crippen LogP contribution is 2.44. The molecule has 0 amide bonds. The highest BCUT2D eigenvalue weighted by Gasteiger charge is 2.24. The van der Waals surface area contributed by atoms with Crippen molar-refractivity contribution in [3.63, 3.8) is 0 Å². The highest BCUT2D eigenvalue weighted by molar-refractivity contribution is 7.99. The van der Waals surface area contributed by atoms with Gasteiger partial charge in [0.1, 0.15) is 7.05 Å². The Kier molecular flexibility index (Phi) is 3.65. The Morgan fingerprint density at radius 2 is 1.50 bits per heavy atom. The van der Waals surface area contributed by atoms with Crippen LogP contribution < -0.4 is 4.57 Å². The van der Waals surface area contributed by atoms with Crippen molar-refractivity contribution in [3.8, 4) is 0 Å². The van der Waals surface area contributed by atoms with E-state index in [1.165, 1.54) is 64.4 Å². The molecule has 0 aliphatic heterocycles. The maximum absolute atomic E-state index is 2.50. The minimum absolute atomic E-state index is 1.26. The maximum Gasteiger partial charge on any atom is 0.224 e. The van der Waals surface area contributed by atoms with Crippen LogP contribution in [0.25, 0.3) is 49.0 Å². The second kappa shape index (κ2) is 6.47. The predicted molar refractivity (Wildman–Crippen MR) is 135 cm³/mol. The molecule has 0 saturated heterocycles. The molecule has 7 rings (SSSR count). The van der Waals surface area contributed by atoms with Crippen molar-refractivity contribution in [3.05, 3.63) is 96.7 Å². The molecule has 0 bridgehead atoms. The van der Waals surface area contributed by atoms with Crippen LogP contribution >= 0.6 is 11.8 Å². The summed E-state index contributed by atoms with van der Waals surface area (Å²) in [6, 6.07) is 30.9. The molecule has 0 unspecified atom stereocenters. The number of aromatic nitrogens is 2. The van der Waals surface area contributed by atoms with Crippen LogP contribution in [0.15, 0.2) is 101 Å². The maximum atomic E-state index is 2.50. The van der Waals surface area contributed by atoms with Crippen LogP contribution in [0, 0.1) is 6.92 Å². The summed E-state index contributed by atoms with van der Waals surface area (Å²) in [4.78, 5) is 2.56. The van der Waals surface area contributed by atoms with Gasteiger partial charge in [-0.1, -0.05) is 60.3 Å². The normalized spacial score (nSPS) is 12.2. The number of nitrogens with zero attached hydrogens (tertiary/aromatic N) is 2. The Morgan fingerprint density at radius 1 is 0.719 bits per heavy atom. The average molecular weight is 430 g/mol. The standard InChI is InChI=1S/C29H21N2S/c1-18-14-15-21-27-23(12-7-13-24(27)32-20-9-4-3-5-10-20)31-22-11-6-8-19-16-17-30(2)29(26(19)22)25(18)28(21)31/h3-17H,1-2H3/q+1. The number of benzene rings is 4. The fourth-order valence-corrected chi connectivity index (χ4v) is 6.37. The van der Waals surface area contributed by atoms with Crippen LogP contribution in [-0.4, -0.2) is 4.40 Å². The van der Waals surface area contributed by atoms with Gasteiger partial charge in [-0.25, -0.2) is 4.57 Å². The van der Waals surface area contributed by atoms with Gasteiger partial charge in [0, 0.05) is 26.6 Å². The van der Waals surface area contributed by atoms with Crippen LogP contribution in [-0.2, 0) is 7.05 Å². The summed E-state index contributed by atoms with van der Waals surface area (Å²) in [7, 11) is 2.17. The second-order valence-corrected chi connectivity index (χ2v) is 9.69. The molecule has 32 heavy (non-hydrogen) atoms. The van der Waals surface area contributed by atoms with Crippen LogP contribution in [0.4, 0.5) is 0 Å². The molecule has 0 fully saturated rings. The third kappa shape index (κ3) is 2.29. The van der Waals surface area contributed by atoms with Crippen molar-refractivity contribution in [1.82, 2.24) is 4.40 Å². The van der Waals surface area contributed by atoms with Gasteiger partial charge >= 0.3 is 0 Å². The lowest BCUT2D eigenvalue weighted by atomic mass is 10.00. The number of pyridine rings is 2. The Bertz CT molecular complexity index is 1810. The first-order valence-corrected chi connectivity index (χ1v) is 11.8. The van der Waals surface area contributed by atoms with Gasteiger partial charge in [0.2, 0.25) is 5.52 Å². The fourth-order valence-electron chi connectivity index (χ4n) is 5.36. The van der Waals surface area contributed by atoms with Crippen molar-refractivity contribution in [1.29, 1.82) is 0 Å². The van der Waals surface area contributed by atoms with E-state index in [-0.39, 0.29) is 0 Å². The minimum Gasteiger partial charge on any atom is -0.307 e. The molecule has 0 N–H and O–H groups in total. The van der Waals surface area contributed by atoms with Gasteiger partial charge in [-0.2, -0.15) is 0 Å². The van der Waals surface area contributed by atoms with Gasteiger partial charge in [-0.05, 0) is 48.2 Å². The first-order chi connectivity index (χ1) is 15.7. The number of hydrogen-bond acceptors (Lipinski definition) is 1. The van der Waals surface area contributed by atoms with E-state index in [1.54, 1.807) is 0 Å². The van der Waals surface area contributed by atoms with Gasteiger partial charge in [0.25, 0.3) is 0 Å². The summed E-state index contributed by atoms with van der Waals surface area (Å²) < 4.78 is 4.78. The highest BCUT2D eigenvalue weighted by atomic mass is 32.2. The smallest absolute Gasteiger partial charge is 0.224 e. The molecule has 152 valence electrons. The van der Waals surface area contributed by atoms with Crippen molar-refractivity contribution >= 4 is 60.8 Å². The zero-order chi connectivity index (χ0) is 21.4. The summed E-state index contributed by atoms with van der Waals surface area (Å²) in [6.07, 6.45) is 2.19. The zero-order valence-electron chi connectivity index (χ0n) is 18.0. The first-order valence-electron chi connectivity index (χ1n) is 10.9. The Labute approximate surface area is 190 Å². The molecule has 0 saturated carbocycles. The molecule has 3 aromatic heterocycles. The predicted octanol–water partition coefficient (Wildman–Crippen LogP) is 7.27. The second-order valence-electron chi connectivity index (χ2n) is 8.57. The molecule has 7 aromatic rings. The van der Waals surface area contributed by atoms with E-state index in [4.69, 9.17) is 0 Å². The molecule has 0 radical (unpaired) electrons. The first kappa shape index (κ1) is 18.1. The molecule has 0 atom stereocenters. The molecule has 0 aliphatic carbocycles. The topological polar surface area (TPSA) is 8.29 Å². The van der Waals surface area contributed by atoms with Gasteiger partial charge < -0.3 is 4.40 Å². The van der Waals surface area contributed by atoms with E-state index in [9.17, 15) is 0 Å². The molecule has 3 heteroatoms. The lowest BCUT2D eigenvalue weighted by molar-refractivity contribution is -0.643. The van der Waals surface area contributed by atoms with Gasteiger partial charge in [0.15, 0.2) is 6.20 Å². The van der Waals surface area contributed by atoms with Crippen LogP contribution in [0.3, 0.4) is 0 Å². The van der Waals surface area contributed by atoms with Crippen molar-refractivity contribution in [2.24, 2.45) is 7.05 Å². The molecule has 2 nitrogen and oxygen atoms in total. The van der Waals surface area contributed by atoms with E-state index >= 15 is 0 Å². The lowest BCUT2D eigenvalue weighted by Crippen LogP contribution is -2.28. The van der Waals surface area contributed by atoms with E-state index < -0.39 is 0 Å². The Hall–Kier alpha value is -3.56. The molecule has 3 heterocycles. The average Bonchev–Trinajstić information content (AvgIpc) is 3.16. The van der Waals surface area contributed by atoms with Crippen molar-refractivity contribution in [2.75, 3.05) is 0 Å².